The summed E-state index contributed by atoms with van der Waals surface area (Å²) in [5.74, 6) is -1.34. The molecule has 0 aliphatic rings. The lowest BCUT2D eigenvalue weighted by Gasteiger charge is -2.01. The normalized spacial score (nSPS) is 12.9. The van der Waals surface area contributed by atoms with Crippen molar-refractivity contribution < 1.29 is 14.3 Å². The van der Waals surface area contributed by atoms with Crippen molar-refractivity contribution in [1.29, 1.82) is 0 Å². The Bertz CT molecular complexity index is 368. The van der Waals surface area contributed by atoms with Gasteiger partial charge in [-0.1, -0.05) is 31.2 Å². The van der Waals surface area contributed by atoms with E-state index in [0.29, 0.717) is 12.8 Å². The van der Waals surface area contributed by atoms with Crippen LogP contribution in [0.2, 0.25) is 0 Å². The van der Waals surface area contributed by atoms with E-state index >= 15 is 0 Å². The molecule has 1 aromatic carbocycles. The van der Waals surface area contributed by atoms with E-state index in [1.165, 1.54) is 12.1 Å². The summed E-state index contributed by atoms with van der Waals surface area (Å²) in [4.78, 5) is 10.5. The maximum atomic E-state index is 12.6. The predicted molar refractivity (Wildman–Crippen MR) is 61.5 cm³/mol. The zero-order valence-electron chi connectivity index (χ0n) is 9.19. The largest absolute Gasteiger partial charge is 0.481 e. The number of halogens is 1. The Morgan fingerprint density at radius 1 is 1.44 bits per heavy atom. The Kier molecular flexibility index (Phi) is 4.70. The van der Waals surface area contributed by atoms with E-state index in [1.807, 2.05) is 12.2 Å². The molecule has 0 bridgehead atoms. The molecule has 0 saturated carbocycles. The van der Waals surface area contributed by atoms with Crippen LogP contribution < -0.4 is 0 Å². The predicted octanol–water partition coefficient (Wildman–Crippen LogP) is 3.34. The first-order chi connectivity index (χ1) is 7.59. The van der Waals surface area contributed by atoms with Crippen molar-refractivity contribution >= 4 is 12.0 Å². The lowest BCUT2D eigenvalue weighted by Crippen LogP contribution is -2.08. The molecule has 1 atom stereocenters. The Hall–Kier alpha value is -1.64. The highest BCUT2D eigenvalue weighted by Gasteiger charge is 2.08. The summed E-state index contributed by atoms with van der Waals surface area (Å²) >= 11 is 0. The minimum atomic E-state index is -0.768. The molecule has 1 unspecified atom stereocenters. The van der Waals surface area contributed by atoms with Gasteiger partial charge in [0.15, 0.2) is 0 Å². The van der Waals surface area contributed by atoms with Crippen LogP contribution in [0.15, 0.2) is 30.3 Å². The van der Waals surface area contributed by atoms with Crippen LogP contribution in [0.25, 0.3) is 6.08 Å². The van der Waals surface area contributed by atoms with Crippen LogP contribution in [0, 0.1) is 11.7 Å². The lowest BCUT2D eigenvalue weighted by molar-refractivity contribution is -0.141. The number of carbonyl (C=O) groups is 1. The van der Waals surface area contributed by atoms with Crippen LogP contribution in [-0.4, -0.2) is 11.1 Å². The number of benzene rings is 1. The van der Waals surface area contributed by atoms with Crippen molar-refractivity contribution in [2.24, 2.45) is 5.92 Å². The first-order valence-electron chi connectivity index (χ1n) is 5.24. The molecule has 0 fully saturated rings. The monoisotopic (exact) mass is 222 g/mol. The maximum Gasteiger partial charge on any atom is 0.306 e. The van der Waals surface area contributed by atoms with Gasteiger partial charge >= 0.3 is 5.97 Å². The molecule has 2 nitrogen and oxygen atoms in total. The van der Waals surface area contributed by atoms with Gasteiger partial charge in [0.1, 0.15) is 5.82 Å². The molecule has 0 aliphatic heterocycles. The fraction of sp³-hybridized carbons (Fsp3) is 0.308. The minimum Gasteiger partial charge on any atom is -0.481 e. The summed E-state index contributed by atoms with van der Waals surface area (Å²) in [6.07, 6.45) is 5.11. The molecule has 16 heavy (non-hydrogen) atoms. The summed E-state index contributed by atoms with van der Waals surface area (Å²) in [6.45, 7) is 1.69. The molecule has 0 aliphatic carbocycles. The summed E-state index contributed by atoms with van der Waals surface area (Å²) < 4.78 is 12.6. The van der Waals surface area contributed by atoms with E-state index in [0.717, 1.165) is 5.56 Å². The summed E-state index contributed by atoms with van der Waals surface area (Å²) in [5, 5.41) is 8.66. The van der Waals surface area contributed by atoms with Crippen molar-refractivity contribution in [3.05, 3.63) is 41.7 Å². The average Bonchev–Trinajstić information content (AvgIpc) is 2.26. The van der Waals surface area contributed by atoms with Gasteiger partial charge in [-0.2, -0.15) is 0 Å². The minimum absolute atomic E-state index is 0.253. The molecule has 0 spiro atoms. The van der Waals surface area contributed by atoms with Crippen LogP contribution in [0.5, 0.6) is 0 Å². The van der Waals surface area contributed by atoms with E-state index in [1.54, 1.807) is 19.1 Å². The zero-order valence-corrected chi connectivity index (χ0v) is 9.19. The van der Waals surface area contributed by atoms with Gasteiger partial charge in [0, 0.05) is 0 Å². The van der Waals surface area contributed by atoms with Crippen molar-refractivity contribution in [2.45, 2.75) is 19.8 Å². The molecule has 3 heteroatoms. The van der Waals surface area contributed by atoms with E-state index in [9.17, 15) is 9.18 Å². The van der Waals surface area contributed by atoms with Crippen LogP contribution in [0.4, 0.5) is 4.39 Å². The summed E-state index contributed by atoms with van der Waals surface area (Å²) in [5.41, 5.74) is 0.921. The molecular weight excluding hydrogens is 207 g/mol. The molecular formula is C13H15FO2. The SMILES string of the molecule is CC(CC/C=C/c1ccc(F)cc1)C(=O)O. The van der Waals surface area contributed by atoms with E-state index in [4.69, 9.17) is 5.11 Å². The van der Waals surface area contributed by atoms with Gasteiger partial charge in [-0.05, 0) is 30.5 Å². The standard InChI is InChI=1S/C13H15FO2/c1-10(13(15)16)4-2-3-5-11-6-8-12(14)9-7-11/h3,5-10H,2,4H2,1H3,(H,15,16)/b5-3+. The fourth-order valence-corrected chi connectivity index (χ4v) is 1.26. The Morgan fingerprint density at radius 2 is 2.06 bits per heavy atom. The second-order valence-electron chi connectivity index (χ2n) is 3.77. The number of carboxylic acids is 1. The third-order valence-electron chi connectivity index (χ3n) is 2.37. The highest BCUT2D eigenvalue weighted by atomic mass is 19.1. The van der Waals surface area contributed by atoms with Gasteiger partial charge in [-0.3, -0.25) is 4.79 Å². The second-order valence-corrected chi connectivity index (χ2v) is 3.77. The molecule has 1 rings (SSSR count). The topological polar surface area (TPSA) is 37.3 Å². The van der Waals surface area contributed by atoms with Gasteiger partial charge in [0.25, 0.3) is 0 Å². The number of rotatable bonds is 5. The van der Waals surface area contributed by atoms with Gasteiger partial charge in [-0.15, -0.1) is 0 Å². The number of hydrogen-bond acceptors (Lipinski definition) is 1. The summed E-state index contributed by atoms with van der Waals surface area (Å²) in [7, 11) is 0. The first kappa shape index (κ1) is 12.4. The molecule has 0 heterocycles. The maximum absolute atomic E-state index is 12.6. The van der Waals surface area contributed by atoms with E-state index in [-0.39, 0.29) is 11.7 Å². The average molecular weight is 222 g/mol. The van der Waals surface area contributed by atoms with E-state index in [2.05, 4.69) is 0 Å². The van der Waals surface area contributed by atoms with Crippen LogP contribution in [0.3, 0.4) is 0 Å². The molecule has 0 aromatic heterocycles. The highest BCUT2D eigenvalue weighted by Crippen LogP contribution is 2.09. The quantitative estimate of drug-likeness (QED) is 0.829. The van der Waals surface area contributed by atoms with Gasteiger partial charge in [-0.25, -0.2) is 4.39 Å². The van der Waals surface area contributed by atoms with E-state index < -0.39 is 5.97 Å². The van der Waals surface area contributed by atoms with Crippen LogP contribution in [0.1, 0.15) is 25.3 Å². The molecule has 1 aromatic rings. The third-order valence-corrected chi connectivity index (χ3v) is 2.37. The molecule has 1 N–H and O–H groups in total. The lowest BCUT2D eigenvalue weighted by atomic mass is 10.1. The molecule has 0 radical (unpaired) electrons. The number of allylic oxidation sites excluding steroid dienone is 1. The first-order valence-corrected chi connectivity index (χ1v) is 5.24. The second kappa shape index (κ2) is 6.05. The molecule has 0 saturated heterocycles. The number of aliphatic carboxylic acids is 1. The zero-order chi connectivity index (χ0) is 12.0. The van der Waals surface area contributed by atoms with Crippen molar-refractivity contribution in [3.63, 3.8) is 0 Å². The fourth-order valence-electron chi connectivity index (χ4n) is 1.26. The number of hydrogen-bond donors (Lipinski definition) is 1. The van der Waals surface area contributed by atoms with Crippen LogP contribution >= 0.6 is 0 Å². The third kappa shape index (κ3) is 4.26. The van der Waals surface area contributed by atoms with Crippen molar-refractivity contribution in [3.8, 4) is 0 Å². The van der Waals surface area contributed by atoms with Gasteiger partial charge in [0.05, 0.1) is 5.92 Å². The van der Waals surface area contributed by atoms with Gasteiger partial charge in [0.2, 0.25) is 0 Å². The molecule has 0 amide bonds. The highest BCUT2D eigenvalue weighted by molar-refractivity contribution is 5.69. The van der Waals surface area contributed by atoms with Gasteiger partial charge < -0.3 is 5.11 Å². The Labute approximate surface area is 94.4 Å². The molecule has 86 valence electrons. The summed E-state index contributed by atoms with van der Waals surface area (Å²) in [6, 6.07) is 6.18. The van der Waals surface area contributed by atoms with Crippen LogP contribution in [-0.2, 0) is 4.79 Å². The smallest absolute Gasteiger partial charge is 0.306 e. The van der Waals surface area contributed by atoms with Crippen molar-refractivity contribution in [1.82, 2.24) is 0 Å². The number of carboxylic acid groups (broad SMARTS) is 1. The van der Waals surface area contributed by atoms with Crippen molar-refractivity contribution in [2.75, 3.05) is 0 Å². The Balaban J connectivity index is 2.37. The Morgan fingerprint density at radius 3 is 2.62 bits per heavy atom.